The molecule has 6 nitrogen and oxygen atoms in total. The van der Waals surface area contributed by atoms with Crippen LogP contribution in [0, 0.1) is 18.3 Å². The molecular formula is C24H20ClN3O3. The van der Waals surface area contributed by atoms with Gasteiger partial charge in [0.1, 0.15) is 23.1 Å². The van der Waals surface area contributed by atoms with Crippen molar-refractivity contribution in [3.63, 3.8) is 0 Å². The van der Waals surface area contributed by atoms with Crippen molar-refractivity contribution in [2.24, 2.45) is 5.73 Å². The molecule has 156 valence electrons. The first-order valence-corrected chi connectivity index (χ1v) is 10.0. The molecule has 3 aromatic rings. The van der Waals surface area contributed by atoms with E-state index < -0.39 is 5.92 Å². The van der Waals surface area contributed by atoms with Gasteiger partial charge in [-0.3, -0.25) is 4.79 Å². The molecule has 1 atom stereocenters. The van der Waals surface area contributed by atoms with Crippen molar-refractivity contribution in [3.8, 4) is 17.6 Å². The molecule has 1 aromatic heterocycles. The summed E-state index contributed by atoms with van der Waals surface area (Å²) < 4.78 is 12.8. The van der Waals surface area contributed by atoms with Gasteiger partial charge in [-0.15, -0.1) is 0 Å². The van der Waals surface area contributed by atoms with Crippen LogP contribution in [0.5, 0.6) is 11.5 Å². The van der Waals surface area contributed by atoms with Gasteiger partial charge in [-0.1, -0.05) is 48.0 Å². The molecule has 0 amide bonds. The molecule has 1 aliphatic heterocycles. The number of rotatable bonds is 4. The normalized spacial score (nSPS) is 15.1. The Morgan fingerprint density at radius 3 is 2.65 bits per heavy atom. The molecule has 7 heteroatoms. The number of ether oxygens (including phenoxy) is 2. The van der Waals surface area contributed by atoms with Crippen molar-refractivity contribution in [3.05, 3.63) is 104 Å². The van der Waals surface area contributed by atoms with Gasteiger partial charge < -0.3 is 19.8 Å². The molecule has 0 radical (unpaired) electrons. The van der Waals surface area contributed by atoms with Gasteiger partial charge in [0, 0.05) is 22.3 Å². The number of nitrogens with zero attached hydrogens (tertiary/aromatic N) is 2. The highest BCUT2D eigenvalue weighted by atomic mass is 35.5. The summed E-state index contributed by atoms with van der Waals surface area (Å²) in [6, 6.07) is 18.5. The fourth-order valence-corrected chi connectivity index (χ4v) is 4.15. The maximum atomic E-state index is 13.7. The lowest BCUT2D eigenvalue weighted by atomic mass is 9.84. The zero-order valence-corrected chi connectivity index (χ0v) is 17.8. The first-order valence-electron chi connectivity index (χ1n) is 9.64. The number of pyridine rings is 1. The molecule has 1 aliphatic rings. The van der Waals surface area contributed by atoms with Gasteiger partial charge >= 0.3 is 0 Å². The predicted molar refractivity (Wildman–Crippen MR) is 118 cm³/mol. The third-order valence-electron chi connectivity index (χ3n) is 5.43. The van der Waals surface area contributed by atoms with Gasteiger partial charge in [-0.25, -0.2) is 0 Å². The molecule has 0 fully saturated rings. The Morgan fingerprint density at radius 2 is 1.94 bits per heavy atom. The summed E-state index contributed by atoms with van der Waals surface area (Å²) in [5, 5.41) is 10.2. The number of methoxy groups -OCH3 is 1. The Hall–Kier alpha value is -3.69. The van der Waals surface area contributed by atoms with Gasteiger partial charge in [0.15, 0.2) is 0 Å². The largest absolute Gasteiger partial charge is 0.496 e. The van der Waals surface area contributed by atoms with Gasteiger partial charge in [-0.05, 0) is 24.6 Å². The highest BCUT2D eigenvalue weighted by Gasteiger charge is 2.35. The quantitative estimate of drug-likeness (QED) is 0.669. The van der Waals surface area contributed by atoms with Gasteiger partial charge in [0.25, 0.3) is 5.56 Å². The Balaban J connectivity index is 1.95. The van der Waals surface area contributed by atoms with Gasteiger partial charge in [0.05, 0.1) is 25.1 Å². The third kappa shape index (κ3) is 3.54. The number of nitriles is 1. The molecule has 2 aromatic carbocycles. The Morgan fingerprint density at radius 1 is 1.23 bits per heavy atom. The molecule has 1 unspecified atom stereocenters. The van der Waals surface area contributed by atoms with Crippen molar-refractivity contribution < 1.29 is 9.47 Å². The second-order valence-electron chi connectivity index (χ2n) is 7.21. The minimum atomic E-state index is -0.723. The van der Waals surface area contributed by atoms with E-state index in [4.69, 9.17) is 26.8 Å². The molecule has 0 saturated carbocycles. The number of benzene rings is 2. The van der Waals surface area contributed by atoms with Crippen LogP contribution in [0.25, 0.3) is 0 Å². The lowest BCUT2D eigenvalue weighted by Crippen LogP contribution is -2.33. The molecule has 0 saturated heterocycles. The van der Waals surface area contributed by atoms with Crippen LogP contribution in [-0.2, 0) is 6.54 Å². The molecule has 31 heavy (non-hydrogen) atoms. The molecule has 0 aliphatic carbocycles. The number of fused-ring (bicyclic) bond motifs is 1. The number of aryl methyl sites for hydroxylation is 1. The molecule has 0 bridgehead atoms. The number of hydrogen-bond acceptors (Lipinski definition) is 5. The first kappa shape index (κ1) is 20.6. The van der Waals surface area contributed by atoms with Crippen LogP contribution in [-0.4, -0.2) is 11.7 Å². The smallest absolute Gasteiger partial charge is 0.259 e. The van der Waals surface area contributed by atoms with Crippen LogP contribution in [0.3, 0.4) is 0 Å². The van der Waals surface area contributed by atoms with E-state index in [0.717, 1.165) is 5.56 Å². The fraction of sp³-hybridized carbons (Fsp3) is 0.167. The Labute approximate surface area is 184 Å². The van der Waals surface area contributed by atoms with E-state index in [2.05, 4.69) is 6.07 Å². The van der Waals surface area contributed by atoms with Crippen molar-refractivity contribution in [1.82, 2.24) is 4.57 Å². The SMILES string of the molecule is COc1ccccc1Cn1c(C)cc2c(c1=O)C(c1ccccc1Cl)C(C#N)=C(N)O2. The summed E-state index contributed by atoms with van der Waals surface area (Å²) in [4.78, 5) is 13.7. The van der Waals surface area contributed by atoms with Crippen LogP contribution >= 0.6 is 11.6 Å². The van der Waals surface area contributed by atoms with E-state index in [-0.39, 0.29) is 17.0 Å². The average molecular weight is 434 g/mol. The van der Waals surface area contributed by atoms with Crippen LogP contribution < -0.4 is 20.8 Å². The summed E-state index contributed by atoms with van der Waals surface area (Å²) in [5.74, 6) is 0.271. The summed E-state index contributed by atoms with van der Waals surface area (Å²) in [7, 11) is 1.59. The number of nitrogens with two attached hydrogens (primary N) is 1. The van der Waals surface area contributed by atoms with Crippen molar-refractivity contribution in [2.75, 3.05) is 7.11 Å². The Kier molecular flexibility index (Phi) is 5.45. The summed E-state index contributed by atoms with van der Waals surface area (Å²) >= 11 is 6.45. The zero-order chi connectivity index (χ0) is 22.1. The summed E-state index contributed by atoms with van der Waals surface area (Å²) in [6.45, 7) is 2.13. The second-order valence-corrected chi connectivity index (χ2v) is 7.62. The van der Waals surface area contributed by atoms with Crippen LogP contribution in [0.4, 0.5) is 0 Å². The highest BCUT2D eigenvalue weighted by molar-refractivity contribution is 6.31. The average Bonchev–Trinajstić information content (AvgIpc) is 2.76. The monoisotopic (exact) mass is 433 g/mol. The van der Waals surface area contributed by atoms with Gasteiger partial charge in [0.2, 0.25) is 5.88 Å². The van der Waals surface area contributed by atoms with Crippen LogP contribution in [0.15, 0.2) is 70.8 Å². The second kappa shape index (κ2) is 8.21. The number of para-hydroxylation sites is 1. The Bertz CT molecular complexity index is 1300. The molecule has 0 spiro atoms. The first-order chi connectivity index (χ1) is 15.0. The number of aromatic nitrogens is 1. The predicted octanol–water partition coefficient (Wildman–Crippen LogP) is 4.09. The number of halogens is 1. The fourth-order valence-electron chi connectivity index (χ4n) is 3.91. The minimum Gasteiger partial charge on any atom is -0.496 e. The number of allylic oxidation sites excluding steroid dienone is 1. The number of hydrogen-bond donors (Lipinski definition) is 1. The van der Waals surface area contributed by atoms with Crippen LogP contribution in [0.1, 0.15) is 28.3 Å². The van der Waals surface area contributed by atoms with E-state index in [1.54, 1.807) is 35.9 Å². The van der Waals surface area contributed by atoms with E-state index >= 15 is 0 Å². The van der Waals surface area contributed by atoms with E-state index in [1.165, 1.54) is 0 Å². The standard InChI is InChI=1S/C24H20ClN3O3/c1-14-11-20-22(24(29)28(14)13-15-7-3-6-10-19(15)30-2)21(17(12-26)23(27)31-20)16-8-4-5-9-18(16)25/h3-11,21H,13,27H2,1-2H3. The third-order valence-corrected chi connectivity index (χ3v) is 5.77. The van der Waals surface area contributed by atoms with E-state index in [1.807, 2.05) is 37.3 Å². The van der Waals surface area contributed by atoms with E-state index in [0.29, 0.717) is 39.9 Å². The molecular weight excluding hydrogens is 414 g/mol. The summed E-state index contributed by atoms with van der Waals surface area (Å²) in [5.41, 5.74) is 8.44. The molecule has 4 rings (SSSR count). The van der Waals surface area contributed by atoms with Crippen molar-refractivity contribution in [2.45, 2.75) is 19.4 Å². The molecule has 2 heterocycles. The maximum Gasteiger partial charge on any atom is 0.259 e. The lowest BCUT2D eigenvalue weighted by molar-refractivity contribution is 0.388. The van der Waals surface area contributed by atoms with E-state index in [9.17, 15) is 10.1 Å². The topological polar surface area (TPSA) is 90.3 Å². The summed E-state index contributed by atoms with van der Waals surface area (Å²) in [6.07, 6.45) is 0. The zero-order valence-electron chi connectivity index (χ0n) is 17.1. The minimum absolute atomic E-state index is 0.0267. The van der Waals surface area contributed by atoms with Gasteiger partial charge in [-0.2, -0.15) is 5.26 Å². The molecule has 2 N–H and O–H groups in total. The highest BCUT2D eigenvalue weighted by Crippen LogP contribution is 2.42. The van der Waals surface area contributed by atoms with Crippen molar-refractivity contribution >= 4 is 11.6 Å². The maximum absolute atomic E-state index is 13.7. The van der Waals surface area contributed by atoms with Crippen molar-refractivity contribution in [1.29, 1.82) is 5.26 Å². The lowest BCUT2D eigenvalue weighted by Gasteiger charge is -2.28. The van der Waals surface area contributed by atoms with Crippen LogP contribution in [0.2, 0.25) is 5.02 Å².